The summed E-state index contributed by atoms with van der Waals surface area (Å²) in [6, 6.07) is 11.5. The lowest BCUT2D eigenvalue weighted by Crippen LogP contribution is -2.30. The van der Waals surface area contributed by atoms with Crippen LogP contribution in [-0.4, -0.2) is 54.5 Å². The van der Waals surface area contributed by atoms with Crippen molar-refractivity contribution in [3.8, 4) is 11.3 Å². The van der Waals surface area contributed by atoms with Crippen molar-refractivity contribution in [2.75, 3.05) is 18.9 Å². The molecule has 0 fully saturated rings. The van der Waals surface area contributed by atoms with Gasteiger partial charge in [-0.2, -0.15) is 10.1 Å². The highest BCUT2D eigenvalue weighted by Crippen LogP contribution is 2.19. The first kappa shape index (κ1) is 19.3. The van der Waals surface area contributed by atoms with Gasteiger partial charge in [0.15, 0.2) is 0 Å². The fraction of sp³-hybridized carbons (Fsp3) is 0.190. The van der Waals surface area contributed by atoms with Gasteiger partial charge in [0.2, 0.25) is 5.78 Å². The third-order valence-electron chi connectivity index (χ3n) is 4.84. The first-order valence-corrected chi connectivity index (χ1v) is 9.48. The van der Waals surface area contributed by atoms with Crippen LogP contribution in [0.25, 0.3) is 17.0 Å². The zero-order valence-corrected chi connectivity index (χ0v) is 16.9. The van der Waals surface area contributed by atoms with Crippen LogP contribution < -0.4 is 5.32 Å². The number of benzene rings is 1. The van der Waals surface area contributed by atoms with Crippen LogP contribution in [0, 0.1) is 0 Å². The van der Waals surface area contributed by atoms with Gasteiger partial charge in [0.05, 0.1) is 17.5 Å². The van der Waals surface area contributed by atoms with Crippen LogP contribution >= 0.6 is 0 Å². The number of aromatic nitrogens is 5. The van der Waals surface area contributed by atoms with Crippen LogP contribution in [0.4, 0.5) is 5.82 Å². The van der Waals surface area contributed by atoms with Gasteiger partial charge in [-0.25, -0.2) is 4.98 Å². The van der Waals surface area contributed by atoms with Crippen molar-refractivity contribution < 1.29 is 9.59 Å². The topological polar surface area (TPSA) is 97.4 Å². The van der Waals surface area contributed by atoms with Gasteiger partial charge in [0.25, 0.3) is 11.8 Å². The number of aryl methyl sites for hydroxylation is 1. The summed E-state index contributed by atoms with van der Waals surface area (Å²) in [6.07, 6.45) is 5.03. The second kappa shape index (κ2) is 7.78. The summed E-state index contributed by atoms with van der Waals surface area (Å²) < 4.78 is 3.19. The van der Waals surface area contributed by atoms with E-state index in [4.69, 9.17) is 0 Å². The maximum absolute atomic E-state index is 12.8. The Morgan fingerprint density at radius 1 is 1.13 bits per heavy atom. The Morgan fingerprint density at radius 2 is 1.90 bits per heavy atom. The molecule has 0 spiro atoms. The van der Waals surface area contributed by atoms with Crippen molar-refractivity contribution in [1.82, 2.24) is 29.0 Å². The molecular formula is C21H21N7O2. The van der Waals surface area contributed by atoms with E-state index in [1.807, 2.05) is 43.5 Å². The summed E-state index contributed by atoms with van der Waals surface area (Å²) in [4.78, 5) is 35.9. The fourth-order valence-corrected chi connectivity index (χ4v) is 3.06. The molecule has 0 aliphatic carbocycles. The van der Waals surface area contributed by atoms with Gasteiger partial charge >= 0.3 is 0 Å². The lowest BCUT2D eigenvalue weighted by molar-refractivity contribution is 0.0786. The molecule has 0 atom stereocenters. The average molecular weight is 403 g/mol. The molecule has 0 aliphatic heterocycles. The molecule has 0 aliphatic rings. The number of carbonyl (C=O) groups is 2. The number of fused-ring (bicyclic) bond motifs is 1. The number of hydrogen-bond acceptors (Lipinski definition) is 5. The Morgan fingerprint density at radius 3 is 2.63 bits per heavy atom. The van der Waals surface area contributed by atoms with E-state index < -0.39 is 5.91 Å². The van der Waals surface area contributed by atoms with Crippen LogP contribution in [0.15, 0.2) is 55.0 Å². The number of amides is 2. The van der Waals surface area contributed by atoms with Gasteiger partial charge in [-0.3, -0.25) is 18.7 Å². The predicted molar refractivity (Wildman–Crippen MR) is 112 cm³/mol. The lowest BCUT2D eigenvalue weighted by Gasteiger charge is -2.15. The van der Waals surface area contributed by atoms with Gasteiger partial charge < -0.3 is 10.2 Å². The van der Waals surface area contributed by atoms with Crippen molar-refractivity contribution in [2.45, 2.75) is 6.92 Å². The first-order chi connectivity index (χ1) is 14.5. The second-order valence-corrected chi connectivity index (χ2v) is 6.82. The molecule has 152 valence electrons. The molecule has 30 heavy (non-hydrogen) atoms. The molecule has 3 aromatic heterocycles. The predicted octanol–water partition coefficient (Wildman–Crippen LogP) is 2.47. The highest BCUT2D eigenvalue weighted by Gasteiger charge is 2.24. The van der Waals surface area contributed by atoms with Gasteiger partial charge in [-0.1, -0.05) is 30.3 Å². The minimum absolute atomic E-state index is 0.192. The van der Waals surface area contributed by atoms with Crippen molar-refractivity contribution in [3.05, 3.63) is 66.2 Å². The molecule has 0 saturated carbocycles. The Bertz CT molecular complexity index is 1230. The van der Waals surface area contributed by atoms with Crippen LogP contribution in [0.1, 0.15) is 27.8 Å². The van der Waals surface area contributed by atoms with Crippen LogP contribution in [0.3, 0.4) is 0 Å². The molecule has 0 bridgehead atoms. The quantitative estimate of drug-likeness (QED) is 0.552. The zero-order chi connectivity index (χ0) is 21.3. The van der Waals surface area contributed by atoms with Crippen molar-refractivity contribution in [3.63, 3.8) is 0 Å². The van der Waals surface area contributed by atoms with Crippen LogP contribution in [-0.2, 0) is 7.05 Å². The molecular weight excluding hydrogens is 382 g/mol. The van der Waals surface area contributed by atoms with Gasteiger partial charge in [0, 0.05) is 38.6 Å². The van der Waals surface area contributed by atoms with Gasteiger partial charge in [-0.15, -0.1) is 0 Å². The zero-order valence-electron chi connectivity index (χ0n) is 16.9. The summed E-state index contributed by atoms with van der Waals surface area (Å²) in [7, 11) is 3.31. The number of hydrogen-bond donors (Lipinski definition) is 1. The van der Waals surface area contributed by atoms with Gasteiger partial charge in [0.1, 0.15) is 11.5 Å². The molecule has 3 heterocycles. The summed E-state index contributed by atoms with van der Waals surface area (Å²) in [5.74, 6) is 0.0677. The number of imidazole rings is 1. The Balaban J connectivity index is 1.60. The highest BCUT2D eigenvalue weighted by molar-refractivity contribution is 6.11. The Hall–Kier alpha value is -4.01. The van der Waals surface area contributed by atoms with Crippen molar-refractivity contribution in [2.24, 2.45) is 7.05 Å². The van der Waals surface area contributed by atoms with E-state index in [1.54, 1.807) is 30.8 Å². The minimum Gasteiger partial charge on any atom is -0.341 e. The first-order valence-electron chi connectivity index (χ1n) is 9.48. The van der Waals surface area contributed by atoms with Gasteiger partial charge in [-0.05, 0) is 13.0 Å². The smallest absolute Gasteiger partial charge is 0.272 e. The van der Waals surface area contributed by atoms with Crippen molar-refractivity contribution >= 4 is 23.4 Å². The molecule has 4 rings (SSSR count). The molecule has 9 heteroatoms. The lowest BCUT2D eigenvalue weighted by atomic mass is 10.2. The SMILES string of the molecule is CCN(C)C(=O)c1c(C(=O)Nc2ccn3cc(-c4ccccc4)nc3n2)cnn1C. The molecule has 0 saturated heterocycles. The minimum atomic E-state index is -0.456. The molecule has 9 nitrogen and oxygen atoms in total. The Kier molecular flexibility index (Phi) is 5.01. The molecule has 2 amide bonds. The van der Waals surface area contributed by atoms with Crippen LogP contribution in [0.5, 0.6) is 0 Å². The molecule has 0 unspecified atom stereocenters. The van der Waals surface area contributed by atoms with E-state index >= 15 is 0 Å². The summed E-state index contributed by atoms with van der Waals surface area (Å²) in [5.41, 5.74) is 2.18. The maximum Gasteiger partial charge on any atom is 0.272 e. The number of nitrogens with one attached hydrogen (secondary N) is 1. The van der Waals surface area contributed by atoms with E-state index in [0.717, 1.165) is 11.3 Å². The summed E-state index contributed by atoms with van der Waals surface area (Å²) in [5, 5.41) is 6.81. The standard InChI is InChI=1S/C21H21N7O2/c1-4-26(2)20(30)18-15(12-22-27(18)3)19(29)24-17-10-11-28-13-16(23-21(28)25-17)14-8-6-5-7-9-14/h5-13H,4H2,1-3H3,(H,23,24,25,29). The van der Waals surface area contributed by atoms with E-state index in [1.165, 1.54) is 15.8 Å². The molecule has 4 aromatic rings. The fourth-order valence-electron chi connectivity index (χ4n) is 3.06. The number of anilines is 1. The molecule has 1 aromatic carbocycles. The monoisotopic (exact) mass is 403 g/mol. The van der Waals surface area contributed by atoms with E-state index in [2.05, 4.69) is 20.4 Å². The normalized spacial score (nSPS) is 10.9. The van der Waals surface area contributed by atoms with Crippen LogP contribution in [0.2, 0.25) is 0 Å². The van der Waals surface area contributed by atoms with Crippen molar-refractivity contribution in [1.29, 1.82) is 0 Å². The average Bonchev–Trinajstić information content (AvgIpc) is 3.36. The number of rotatable bonds is 5. The largest absolute Gasteiger partial charge is 0.341 e. The van der Waals surface area contributed by atoms with E-state index in [9.17, 15) is 9.59 Å². The number of nitrogens with zero attached hydrogens (tertiary/aromatic N) is 6. The number of carbonyl (C=O) groups excluding carboxylic acids is 2. The maximum atomic E-state index is 12.8. The van der Waals surface area contributed by atoms with E-state index in [-0.39, 0.29) is 17.2 Å². The third kappa shape index (κ3) is 3.52. The molecule has 0 radical (unpaired) electrons. The Labute approximate surface area is 173 Å². The summed E-state index contributed by atoms with van der Waals surface area (Å²) >= 11 is 0. The van der Waals surface area contributed by atoms with E-state index in [0.29, 0.717) is 18.1 Å². The highest BCUT2D eigenvalue weighted by atomic mass is 16.2. The second-order valence-electron chi connectivity index (χ2n) is 6.82. The summed E-state index contributed by atoms with van der Waals surface area (Å²) in [6.45, 7) is 2.38. The molecule has 1 N–H and O–H groups in total. The third-order valence-corrected chi connectivity index (χ3v) is 4.84.